The van der Waals surface area contributed by atoms with Crippen LogP contribution in [0, 0.1) is 0 Å². The number of nitrogens with two attached hydrogens (primary N) is 1. The van der Waals surface area contributed by atoms with Gasteiger partial charge in [-0.1, -0.05) is 36.4 Å². The van der Waals surface area contributed by atoms with Crippen molar-refractivity contribution in [2.75, 3.05) is 0 Å². The Hall–Kier alpha value is -1.83. The Morgan fingerprint density at radius 3 is 2.46 bits per heavy atom. The molecule has 2 aliphatic rings. The van der Waals surface area contributed by atoms with E-state index in [9.17, 15) is 4.79 Å². The average Bonchev–Trinajstić information content (AvgIpc) is 2.44. The Balaban J connectivity index is 2.74. The molecule has 0 atom stereocenters. The topological polar surface area (TPSA) is 43.1 Å². The molecule has 2 aliphatic carbocycles. The zero-order valence-electron chi connectivity index (χ0n) is 7.03. The van der Waals surface area contributed by atoms with Crippen LogP contribution in [0.2, 0.25) is 0 Å². The summed E-state index contributed by atoms with van der Waals surface area (Å²) in [5.74, 6) is -0.382. The SMILES string of the molecule is NC(=O)c1ccccc2cccc1-2. The van der Waals surface area contributed by atoms with Crippen LogP contribution < -0.4 is 5.73 Å². The van der Waals surface area contributed by atoms with Crippen LogP contribution in [-0.4, -0.2) is 5.91 Å². The molecule has 2 nitrogen and oxygen atoms in total. The summed E-state index contributed by atoms with van der Waals surface area (Å²) in [6.07, 6.45) is 0. The van der Waals surface area contributed by atoms with E-state index in [0.29, 0.717) is 5.56 Å². The van der Waals surface area contributed by atoms with Crippen LogP contribution in [0.25, 0.3) is 11.1 Å². The number of primary amides is 1. The van der Waals surface area contributed by atoms with Crippen molar-refractivity contribution in [3.8, 4) is 11.1 Å². The second-order valence-electron chi connectivity index (χ2n) is 2.89. The lowest BCUT2D eigenvalue weighted by atomic mass is 10.1. The van der Waals surface area contributed by atoms with E-state index in [1.165, 1.54) is 0 Å². The van der Waals surface area contributed by atoms with Crippen LogP contribution in [0.3, 0.4) is 0 Å². The highest BCUT2D eigenvalue weighted by atomic mass is 16.1. The summed E-state index contributed by atoms with van der Waals surface area (Å²) >= 11 is 0. The molecule has 1 amide bonds. The average molecular weight is 171 g/mol. The lowest BCUT2D eigenvalue weighted by Gasteiger charge is -1.97. The number of fused-ring (bicyclic) bond motifs is 1. The summed E-state index contributed by atoms with van der Waals surface area (Å²) in [5, 5.41) is 0. The fourth-order valence-corrected chi connectivity index (χ4v) is 1.44. The first-order chi connectivity index (χ1) is 6.29. The zero-order valence-corrected chi connectivity index (χ0v) is 7.03. The summed E-state index contributed by atoms with van der Waals surface area (Å²) in [7, 11) is 0. The highest BCUT2D eigenvalue weighted by molar-refractivity contribution is 6.00. The minimum absolute atomic E-state index is 0.382. The van der Waals surface area contributed by atoms with E-state index >= 15 is 0 Å². The molecule has 2 heteroatoms. The Morgan fingerprint density at radius 1 is 1.00 bits per heavy atom. The molecule has 0 radical (unpaired) electrons. The fraction of sp³-hybridized carbons (Fsp3) is 0. The molecule has 0 fully saturated rings. The highest BCUT2D eigenvalue weighted by Crippen LogP contribution is 2.24. The molecule has 0 heterocycles. The molecule has 0 aromatic rings. The number of carbonyl (C=O) groups is 1. The minimum Gasteiger partial charge on any atom is -0.366 e. The van der Waals surface area contributed by atoms with Crippen LogP contribution >= 0.6 is 0 Å². The van der Waals surface area contributed by atoms with Crippen molar-refractivity contribution in [1.29, 1.82) is 0 Å². The van der Waals surface area contributed by atoms with Crippen LogP contribution in [0.15, 0.2) is 42.5 Å². The third-order valence-electron chi connectivity index (χ3n) is 2.06. The summed E-state index contributed by atoms with van der Waals surface area (Å²) in [5.41, 5.74) is 7.78. The maximum Gasteiger partial charge on any atom is 0.249 e. The monoisotopic (exact) mass is 171 g/mol. The van der Waals surface area contributed by atoms with Crippen molar-refractivity contribution in [1.82, 2.24) is 0 Å². The molecule has 0 spiro atoms. The summed E-state index contributed by atoms with van der Waals surface area (Å²) in [4.78, 5) is 11.1. The third-order valence-corrected chi connectivity index (χ3v) is 2.06. The lowest BCUT2D eigenvalue weighted by molar-refractivity contribution is 0.100. The Kier molecular flexibility index (Phi) is 1.74. The Bertz CT molecular complexity index is 422. The number of rotatable bonds is 1. The molecule has 2 rings (SSSR count). The van der Waals surface area contributed by atoms with Gasteiger partial charge in [-0.3, -0.25) is 4.79 Å². The molecule has 0 aromatic carbocycles. The van der Waals surface area contributed by atoms with Gasteiger partial charge >= 0.3 is 0 Å². The number of amides is 1. The van der Waals surface area contributed by atoms with Gasteiger partial charge < -0.3 is 5.73 Å². The van der Waals surface area contributed by atoms with E-state index in [2.05, 4.69) is 0 Å². The van der Waals surface area contributed by atoms with Gasteiger partial charge in [-0.2, -0.15) is 0 Å². The largest absolute Gasteiger partial charge is 0.366 e. The van der Waals surface area contributed by atoms with Gasteiger partial charge in [-0.25, -0.2) is 0 Å². The molecule has 0 bridgehead atoms. The van der Waals surface area contributed by atoms with E-state index in [1.807, 2.05) is 36.4 Å². The molecule has 64 valence electrons. The number of carbonyl (C=O) groups excluding carboxylic acids is 1. The summed E-state index contributed by atoms with van der Waals surface area (Å²) in [6, 6.07) is 13.2. The van der Waals surface area contributed by atoms with Crippen LogP contribution in [0.4, 0.5) is 0 Å². The van der Waals surface area contributed by atoms with Gasteiger partial charge in [0, 0.05) is 5.56 Å². The molecule has 13 heavy (non-hydrogen) atoms. The fourth-order valence-electron chi connectivity index (χ4n) is 1.44. The quantitative estimate of drug-likeness (QED) is 0.699. The zero-order chi connectivity index (χ0) is 9.26. The molecule has 0 aromatic heterocycles. The molecular weight excluding hydrogens is 162 g/mol. The van der Waals surface area contributed by atoms with Crippen LogP contribution in [0.1, 0.15) is 10.4 Å². The third kappa shape index (κ3) is 1.26. The highest BCUT2D eigenvalue weighted by Gasteiger charge is 2.09. The van der Waals surface area contributed by atoms with Gasteiger partial charge in [0.2, 0.25) is 5.91 Å². The van der Waals surface area contributed by atoms with Crippen molar-refractivity contribution in [2.45, 2.75) is 0 Å². The maximum absolute atomic E-state index is 11.1. The van der Waals surface area contributed by atoms with Gasteiger partial charge in [-0.05, 0) is 17.2 Å². The second kappa shape index (κ2) is 2.90. The Labute approximate surface area is 76.3 Å². The molecule has 0 unspecified atom stereocenters. The van der Waals surface area contributed by atoms with Crippen molar-refractivity contribution in [3.63, 3.8) is 0 Å². The van der Waals surface area contributed by atoms with Crippen molar-refractivity contribution in [2.24, 2.45) is 5.73 Å². The molecule has 0 saturated carbocycles. The molecule has 2 N–H and O–H groups in total. The van der Waals surface area contributed by atoms with Gasteiger partial charge in [0.05, 0.1) is 0 Å². The molecule has 0 aliphatic heterocycles. The van der Waals surface area contributed by atoms with Crippen LogP contribution in [0.5, 0.6) is 0 Å². The number of hydrogen-bond acceptors (Lipinski definition) is 1. The van der Waals surface area contributed by atoms with E-state index in [0.717, 1.165) is 11.1 Å². The predicted molar refractivity (Wildman–Crippen MR) is 51.6 cm³/mol. The van der Waals surface area contributed by atoms with Gasteiger partial charge in [-0.15, -0.1) is 0 Å². The lowest BCUT2D eigenvalue weighted by Crippen LogP contribution is -2.11. The van der Waals surface area contributed by atoms with E-state index < -0.39 is 0 Å². The molecule has 0 saturated heterocycles. The first kappa shape index (κ1) is 7.80. The standard InChI is InChI=1S/C11H9NO/c12-11(13)10-6-2-1-4-8-5-3-7-9(8)10/h1-7H,(H2,12,13). The van der Waals surface area contributed by atoms with Crippen molar-refractivity contribution < 1.29 is 4.79 Å². The Morgan fingerprint density at radius 2 is 1.69 bits per heavy atom. The molecular formula is C11H9NO. The van der Waals surface area contributed by atoms with Gasteiger partial charge in [0.25, 0.3) is 0 Å². The smallest absolute Gasteiger partial charge is 0.249 e. The first-order valence-electron chi connectivity index (χ1n) is 4.06. The second-order valence-corrected chi connectivity index (χ2v) is 2.89. The van der Waals surface area contributed by atoms with E-state index in [-0.39, 0.29) is 5.91 Å². The van der Waals surface area contributed by atoms with Gasteiger partial charge in [0.15, 0.2) is 0 Å². The van der Waals surface area contributed by atoms with Gasteiger partial charge in [0.1, 0.15) is 0 Å². The van der Waals surface area contributed by atoms with Crippen LogP contribution in [-0.2, 0) is 0 Å². The van der Waals surface area contributed by atoms with Crippen molar-refractivity contribution >= 4 is 5.91 Å². The summed E-state index contributed by atoms with van der Waals surface area (Å²) in [6.45, 7) is 0. The van der Waals surface area contributed by atoms with E-state index in [1.54, 1.807) is 6.07 Å². The minimum atomic E-state index is -0.382. The maximum atomic E-state index is 11.1. The van der Waals surface area contributed by atoms with Crippen molar-refractivity contribution in [3.05, 3.63) is 48.0 Å². The predicted octanol–water partition coefficient (Wildman–Crippen LogP) is 1.89. The number of hydrogen-bond donors (Lipinski definition) is 1. The first-order valence-corrected chi connectivity index (χ1v) is 4.06. The normalized spacial score (nSPS) is 10.2. The summed E-state index contributed by atoms with van der Waals surface area (Å²) < 4.78 is 0. The van der Waals surface area contributed by atoms with E-state index in [4.69, 9.17) is 5.73 Å².